The van der Waals surface area contributed by atoms with Gasteiger partial charge in [-0.1, -0.05) is 12.6 Å². The molecular formula is C21H22F2O6. The topological polar surface area (TPSA) is 88.4 Å². The number of ether oxygens (including phenoxy) is 3. The van der Waals surface area contributed by atoms with Gasteiger partial charge >= 0.3 is 0 Å². The lowest BCUT2D eigenvalue weighted by molar-refractivity contribution is -0.157. The van der Waals surface area contributed by atoms with Gasteiger partial charge in [-0.05, 0) is 43.7 Å². The maximum absolute atomic E-state index is 14.3. The van der Waals surface area contributed by atoms with Gasteiger partial charge in [0.25, 0.3) is 0 Å². The lowest BCUT2D eigenvalue weighted by Gasteiger charge is -2.37. The predicted octanol–water partition coefficient (Wildman–Crippen LogP) is 3.21. The van der Waals surface area contributed by atoms with E-state index < -0.39 is 36.1 Å². The van der Waals surface area contributed by atoms with Crippen molar-refractivity contribution >= 4 is 0 Å². The summed E-state index contributed by atoms with van der Waals surface area (Å²) in [6, 6.07) is 7.55. The third kappa shape index (κ3) is 4.50. The number of halogens is 2. The van der Waals surface area contributed by atoms with Gasteiger partial charge in [-0.25, -0.2) is 8.78 Å². The first-order chi connectivity index (χ1) is 13.7. The van der Waals surface area contributed by atoms with Crippen molar-refractivity contribution in [2.45, 2.75) is 44.4 Å². The Labute approximate surface area is 166 Å². The van der Waals surface area contributed by atoms with Crippen molar-refractivity contribution in [2.75, 3.05) is 0 Å². The maximum atomic E-state index is 14.3. The molecule has 1 aliphatic rings. The molecule has 0 unspecified atom stereocenters. The molecule has 1 aliphatic heterocycles. The summed E-state index contributed by atoms with van der Waals surface area (Å²) in [5.74, 6) is -1.85. The van der Waals surface area contributed by atoms with Gasteiger partial charge in [0.2, 0.25) is 0 Å². The smallest absolute Gasteiger partial charge is 0.169 e. The van der Waals surface area contributed by atoms with E-state index in [-0.39, 0.29) is 28.9 Å². The quantitative estimate of drug-likeness (QED) is 0.704. The minimum absolute atomic E-state index is 0.133. The maximum Gasteiger partial charge on any atom is 0.169 e. The predicted molar refractivity (Wildman–Crippen MR) is 99.6 cm³/mol. The van der Waals surface area contributed by atoms with Gasteiger partial charge in [-0.3, -0.25) is 0 Å². The molecule has 0 saturated carbocycles. The Balaban J connectivity index is 1.86. The van der Waals surface area contributed by atoms with E-state index in [0.29, 0.717) is 5.75 Å². The van der Waals surface area contributed by atoms with E-state index >= 15 is 0 Å². The van der Waals surface area contributed by atoms with Crippen LogP contribution in [-0.2, 0) is 4.74 Å². The molecule has 8 heteroatoms. The minimum Gasteiger partial charge on any atom is -0.491 e. The zero-order valence-corrected chi connectivity index (χ0v) is 15.9. The van der Waals surface area contributed by atoms with Crippen LogP contribution in [0.5, 0.6) is 17.2 Å². The van der Waals surface area contributed by atoms with Gasteiger partial charge in [0.05, 0.1) is 6.10 Å². The lowest BCUT2D eigenvalue weighted by atomic mass is 9.93. The number of benzene rings is 2. The molecule has 3 rings (SSSR count). The van der Waals surface area contributed by atoms with Crippen LogP contribution < -0.4 is 9.47 Å². The highest BCUT2D eigenvalue weighted by Crippen LogP contribution is 2.37. The summed E-state index contributed by atoms with van der Waals surface area (Å²) in [5, 5.41) is 29.8. The van der Waals surface area contributed by atoms with Crippen LogP contribution in [0.3, 0.4) is 0 Å². The van der Waals surface area contributed by atoms with Crippen LogP contribution in [0.2, 0.25) is 0 Å². The Morgan fingerprint density at radius 1 is 0.966 bits per heavy atom. The van der Waals surface area contributed by atoms with Crippen LogP contribution in [-0.4, -0.2) is 39.7 Å². The number of hydrogen-bond donors (Lipinski definition) is 3. The monoisotopic (exact) mass is 408 g/mol. The molecule has 1 fully saturated rings. The Kier molecular flexibility index (Phi) is 6.07. The van der Waals surface area contributed by atoms with Gasteiger partial charge in [0.1, 0.15) is 29.8 Å². The third-order valence-electron chi connectivity index (χ3n) is 4.37. The van der Waals surface area contributed by atoms with Crippen LogP contribution in [0.1, 0.15) is 25.5 Å². The summed E-state index contributed by atoms with van der Waals surface area (Å²) < 4.78 is 44.7. The first-order valence-electron chi connectivity index (χ1n) is 9.00. The molecule has 0 aliphatic carbocycles. The van der Waals surface area contributed by atoms with E-state index in [1.807, 2.05) is 0 Å². The molecule has 1 saturated heterocycles. The van der Waals surface area contributed by atoms with E-state index in [1.165, 1.54) is 24.3 Å². The molecule has 29 heavy (non-hydrogen) atoms. The molecule has 0 spiro atoms. The van der Waals surface area contributed by atoms with Gasteiger partial charge in [-0.2, -0.15) is 0 Å². The highest BCUT2D eigenvalue weighted by atomic mass is 19.1. The molecule has 0 bridgehead atoms. The summed E-state index contributed by atoms with van der Waals surface area (Å²) in [6.07, 6.45) is -5.71. The Bertz CT molecular complexity index is 901. The third-order valence-corrected chi connectivity index (χ3v) is 4.37. The molecule has 0 aromatic heterocycles. The largest absolute Gasteiger partial charge is 0.491 e. The Morgan fingerprint density at radius 3 is 2.34 bits per heavy atom. The van der Waals surface area contributed by atoms with Crippen LogP contribution in [0, 0.1) is 11.6 Å². The SMILES string of the molecule is C=C1O[C@@H](c2ccc(F)c(Oc3ccc(OC(C)C)cc3F)c2)[C@H](O)[C@@H](O)[C@@H]1O. The number of aliphatic hydroxyl groups excluding tert-OH is 3. The van der Waals surface area contributed by atoms with Crippen molar-refractivity contribution in [2.24, 2.45) is 0 Å². The van der Waals surface area contributed by atoms with Crippen LogP contribution in [0.25, 0.3) is 0 Å². The zero-order chi connectivity index (χ0) is 21.3. The summed E-state index contributed by atoms with van der Waals surface area (Å²) >= 11 is 0. The normalized spacial score (nSPS) is 24.3. The van der Waals surface area contributed by atoms with Gasteiger partial charge in [0.15, 0.2) is 29.2 Å². The van der Waals surface area contributed by atoms with E-state index in [2.05, 4.69) is 6.58 Å². The summed E-state index contributed by atoms with van der Waals surface area (Å²) in [6.45, 7) is 7.10. The van der Waals surface area contributed by atoms with E-state index in [4.69, 9.17) is 14.2 Å². The molecule has 2 aromatic rings. The second-order valence-corrected chi connectivity index (χ2v) is 6.98. The minimum atomic E-state index is -1.53. The average Bonchev–Trinajstić information content (AvgIpc) is 2.66. The van der Waals surface area contributed by atoms with Crippen LogP contribution in [0.4, 0.5) is 8.78 Å². The van der Waals surface area contributed by atoms with Crippen LogP contribution >= 0.6 is 0 Å². The second kappa shape index (κ2) is 8.36. The van der Waals surface area contributed by atoms with Crippen molar-refractivity contribution in [3.63, 3.8) is 0 Å². The van der Waals surface area contributed by atoms with Crippen molar-refractivity contribution in [1.29, 1.82) is 0 Å². The van der Waals surface area contributed by atoms with Gasteiger partial charge in [-0.15, -0.1) is 0 Å². The van der Waals surface area contributed by atoms with E-state index in [0.717, 1.165) is 12.1 Å². The molecule has 0 amide bonds. The summed E-state index contributed by atoms with van der Waals surface area (Å²) in [4.78, 5) is 0. The Morgan fingerprint density at radius 2 is 1.69 bits per heavy atom. The standard InChI is InChI=1S/C21H22F2O6/c1-10(2)27-13-5-7-16(15(23)9-13)29-17-8-12(4-6-14(17)22)21-20(26)19(25)18(24)11(3)28-21/h4-10,18-21,24-26H,3H2,1-2H3/t18-,19+,20-,21+/m1/s1. The van der Waals surface area contributed by atoms with Crippen molar-refractivity contribution in [1.82, 2.24) is 0 Å². The number of aliphatic hydroxyl groups is 3. The molecule has 6 nitrogen and oxygen atoms in total. The highest BCUT2D eigenvalue weighted by Gasteiger charge is 2.41. The zero-order valence-electron chi connectivity index (χ0n) is 15.9. The Hall–Kier alpha value is -2.68. The average molecular weight is 408 g/mol. The fourth-order valence-electron chi connectivity index (χ4n) is 2.93. The molecule has 4 atom stereocenters. The summed E-state index contributed by atoms with van der Waals surface area (Å²) in [7, 11) is 0. The van der Waals surface area contributed by atoms with Crippen molar-refractivity contribution < 1.29 is 38.3 Å². The van der Waals surface area contributed by atoms with Crippen molar-refractivity contribution in [3.05, 3.63) is 65.9 Å². The first-order valence-corrected chi connectivity index (χ1v) is 9.00. The summed E-state index contributed by atoms with van der Waals surface area (Å²) in [5.41, 5.74) is 0.251. The van der Waals surface area contributed by atoms with Crippen LogP contribution in [0.15, 0.2) is 48.7 Å². The van der Waals surface area contributed by atoms with E-state index in [1.54, 1.807) is 13.8 Å². The highest BCUT2D eigenvalue weighted by molar-refractivity contribution is 5.39. The van der Waals surface area contributed by atoms with Crippen molar-refractivity contribution in [3.8, 4) is 17.2 Å². The second-order valence-electron chi connectivity index (χ2n) is 6.98. The van der Waals surface area contributed by atoms with E-state index in [9.17, 15) is 24.1 Å². The van der Waals surface area contributed by atoms with Gasteiger partial charge in [0, 0.05) is 6.07 Å². The molecule has 0 radical (unpaired) electrons. The molecule has 156 valence electrons. The number of rotatable bonds is 5. The fourth-order valence-corrected chi connectivity index (χ4v) is 2.93. The lowest BCUT2D eigenvalue weighted by Crippen LogP contribution is -2.47. The molecule has 1 heterocycles. The van der Waals surface area contributed by atoms with Gasteiger partial charge < -0.3 is 29.5 Å². The first kappa shape index (κ1) is 21.0. The number of hydrogen-bond acceptors (Lipinski definition) is 6. The molecular weight excluding hydrogens is 386 g/mol. The molecule has 2 aromatic carbocycles. The molecule has 3 N–H and O–H groups in total. The fraction of sp³-hybridized carbons (Fsp3) is 0.333.